The Bertz CT molecular complexity index is 510. The minimum Gasteiger partial charge on any atom is -0.441 e. The average molecular weight is 237 g/mol. The number of rotatable bonds is 0. The normalized spacial score (nSPS) is 10.2. The summed E-state index contributed by atoms with van der Waals surface area (Å²) in [7, 11) is 0. The summed E-state index contributed by atoms with van der Waals surface area (Å²) in [6.45, 7) is 1.76. The van der Waals surface area contributed by atoms with Crippen molar-refractivity contribution in [1.82, 2.24) is 4.98 Å². The predicted octanol–water partition coefficient (Wildman–Crippen LogP) is 2.77. The summed E-state index contributed by atoms with van der Waals surface area (Å²) in [5.41, 5.74) is 1.80. The molecule has 0 radical (unpaired) electrons. The van der Waals surface area contributed by atoms with Crippen LogP contribution in [0.25, 0.3) is 11.1 Å². The summed E-state index contributed by atoms with van der Waals surface area (Å²) in [6, 6.07) is 5.60. The number of halogens is 1. The highest BCUT2D eigenvalue weighted by Crippen LogP contribution is 2.23. The number of oxazole rings is 1. The molecule has 0 unspecified atom stereocenters. The number of aryl methyl sites for hydroxylation is 1. The monoisotopic (exact) mass is 236 g/mol. The molecule has 0 spiro atoms. The number of nitriles is 1. The van der Waals surface area contributed by atoms with Gasteiger partial charge in [-0.25, -0.2) is 4.98 Å². The van der Waals surface area contributed by atoms with Crippen molar-refractivity contribution < 1.29 is 4.42 Å². The van der Waals surface area contributed by atoms with Gasteiger partial charge in [0.05, 0.1) is 5.56 Å². The van der Waals surface area contributed by atoms with E-state index in [1.807, 2.05) is 0 Å². The van der Waals surface area contributed by atoms with Gasteiger partial charge in [0.2, 0.25) is 0 Å². The van der Waals surface area contributed by atoms with Crippen molar-refractivity contribution in [1.29, 1.82) is 5.26 Å². The first-order valence-electron chi connectivity index (χ1n) is 3.67. The van der Waals surface area contributed by atoms with E-state index >= 15 is 0 Å². The van der Waals surface area contributed by atoms with Gasteiger partial charge in [-0.3, -0.25) is 0 Å². The van der Waals surface area contributed by atoms with Crippen LogP contribution in [0.15, 0.2) is 21.0 Å². The van der Waals surface area contributed by atoms with E-state index in [-0.39, 0.29) is 0 Å². The molecule has 0 N–H and O–H groups in total. The molecule has 0 bridgehead atoms. The Kier molecular flexibility index (Phi) is 1.82. The fourth-order valence-corrected chi connectivity index (χ4v) is 1.63. The third-order valence-electron chi connectivity index (χ3n) is 1.69. The summed E-state index contributed by atoms with van der Waals surface area (Å²) in [5.74, 6) is 0.574. The van der Waals surface area contributed by atoms with Crippen LogP contribution in [0, 0.1) is 18.3 Å². The molecule has 0 saturated heterocycles. The lowest BCUT2D eigenvalue weighted by Gasteiger charge is -1.91. The molecule has 0 fully saturated rings. The summed E-state index contributed by atoms with van der Waals surface area (Å²) >= 11 is 3.29. The molecule has 0 amide bonds. The maximum atomic E-state index is 8.82. The molecule has 0 aliphatic rings. The fourth-order valence-electron chi connectivity index (χ4n) is 1.19. The van der Waals surface area contributed by atoms with Crippen LogP contribution in [0.1, 0.15) is 11.5 Å². The molecule has 0 atom stereocenters. The second-order valence-corrected chi connectivity index (χ2v) is 3.56. The lowest BCUT2D eigenvalue weighted by atomic mass is 10.2. The highest BCUT2D eigenvalue weighted by atomic mass is 79.9. The number of nitrogens with zero attached hydrogens (tertiary/aromatic N) is 2. The van der Waals surface area contributed by atoms with Crippen LogP contribution in [-0.2, 0) is 0 Å². The summed E-state index contributed by atoms with van der Waals surface area (Å²) in [6.07, 6.45) is 0. The molecule has 0 aliphatic carbocycles. The Morgan fingerprint density at radius 1 is 1.54 bits per heavy atom. The molecule has 4 heteroatoms. The smallest absolute Gasteiger partial charge is 0.192 e. The largest absolute Gasteiger partial charge is 0.441 e. The standard InChI is InChI=1S/C9H5BrN2O/c1-5-12-9-6(4-11)2-7(10)3-8(9)13-5/h2-3H,1H3. The van der Waals surface area contributed by atoms with E-state index in [1.165, 1.54) is 0 Å². The summed E-state index contributed by atoms with van der Waals surface area (Å²) in [5, 5.41) is 8.82. The van der Waals surface area contributed by atoms with Crippen LogP contribution in [0.2, 0.25) is 0 Å². The zero-order valence-corrected chi connectivity index (χ0v) is 8.42. The van der Waals surface area contributed by atoms with Gasteiger partial charge in [-0.15, -0.1) is 0 Å². The van der Waals surface area contributed by atoms with E-state index in [1.54, 1.807) is 19.1 Å². The van der Waals surface area contributed by atoms with E-state index in [4.69, 9.17) is 9.68 Å². The molecule has 2 aromatic rings. The Labute approximate surface area is 83.1 Å². The van der Waals surface area contributed by atoms with Gasteiger partial charge >= 0.3 is 0 Å². The highest BCUT2D eigenvalue weighted by molar-refractivity contribution is 9.10. The number of aromatic nitrogens is 1. The van der Waals surface area contributed by atoms with Gasteiger partial charge in [0, 0.05) is 11.4 Å². The van der Waals surface area contributed by atoms with Crippen molar-refractivity contribution in [2.45, 2.75) is 6.92 Å². The lowest BCUT2D eigenvalue weighted by molar-refractivity contribution is 0.561. The van der Waals surface area contributed by atoms with E-state index in [2.05, 4.69) is 27.0 Å². The molecule has 1 heterocycles. The first-order valence-corrected chi connectivity index (χ1v) is 4.47. The van der Waals surface area contributed by atoms with Gasteiger partial charge in [-0.1, -0.05) is 15.9 Å². The third kappa shape index (κ3) is 1.31. The molecule has 0 aliphatic heterocycles. The Morgan fingerprint density at radius 2 is 2.31 bits per heavy atom. The van der Waals surface area contributed by atoms with Crippen LogP contribution in [0.3, 0.4) is 0 Å². The first-order chi connectivity index (χ1) is 6.20. The van der Waals surface area contributed by atoms with Crippen LogP contribution in [0.4, 0.5) is 0 Å². The van der Waals surface area contributed by atoms with Crippen LogP contribution < -0.4 is 0 Å². The van der Waals surface area contributed by atoms with Gasteiger partial charge in [0.1, 0.15) is 11.6 Å². The zero-order chi connectivity index (χ0) is 9.42. The van der Waals surface area contributed by atoms with Gasteiger partial charge < -0.3 is 4.42 Å². The van der Waals surface area contributed by atoms with Crippen molar-refractivity contribution in [3.8, 4) is 6.07 Å². The highest BCUT2D eigenvalue weighted by Gasteiger charge is 2.08. The van der Waals surface area contributed by atoms with Gasteiger partial charge in [-0.2, -0.15) is 5.26 Å². The number of hydrogen-bond donors (Lipinski definition) is 0. The number of fused-ring (bicyclic) bond motifs is 1. The van der Waals surface area contributed by atoms with Crippen molar-refractivity contribution >= 4 is 27.0 Å². The van der Waals surface area contributed by atoms with E-state index in [0.29, 0.717) is 22.6 Å². The molecule has 1 aromatic carbocycles. The number of hydrogen-bond acceptors (Lipinski definition) is 3. The molecule has 13 heavy (non-hydrogen) atoms. The lowest BCUT2D eigenvalue weighted by Crippen LogP contribution is -1.78. The molecular formula is C9H5BrN2O. The summed E-state index contributed by atoms with van der Waals surface area (Å²) in [4.78, 5) is 4.12. The molecule has 0 saturated carbocycles. The predicted molar refractivity (Wildman–Crippen MR) is 51.2 cm³/mol. The third-order valence-corrected chi connectivity index (χ3v) is 2.14. The van der Waals surface area contributed by atoms with Crippen LogP contribution >= 0.6 is 15.9 Å². The second kappa shape index (κ2) is 2.86. The Hall–Kier alpha value is -1.34. The van der Waals surface area contributed by atoms with Crippen LogP contribution in [0.5, 0.6) is 0 Å². The quantitative estimate of drug-likeness (QED) is 0.707. The number of benzene rings is 1. The Balaban J connectivity index is 2.90. The van der Waals surface area contributed by atoms with Crippen molar-refractivity contribution in [3.63, 3.8) is 0 Å². The SMILES string of the molecule is Cc1nc2c(C#N)cc(Br)cc2o1. The second-order valence-electron chi connectivity index (χ2n) is 2.64. The van der Waals surface area contributed by atoms with E-state index in [0.717, 1.165) is 4.47 Å². The fraction of sp³-hybridized carbons (Fsp3) is 0.111. The van der Waals surface area contributed by atoms with E-state index in [9.17, 15) is 0 Å². The van der Waals surface area contributed by atoms with Gasteiger partial charge in [-0.05, 0) is 12.1 Å². The zero-order valence-electron chi connectivity index (χ0n) is 6.84. The van der Waals surface area contributed by atoms with Crippen molar-refractivity contribution in [2.75, 3.05) is 0 Å². The maximum absolute atomic E-state index is 8.82. The average Bonchev–Trinajstić information content (AvgIpc) is 2.43. The summed E-state index contributed by atoms with van der Waals surface area (Å²) < 4.78 is 6.13. The molecular weight excluding hydrogens is 232 g/mol. The van der Waals surface area contributed by atoms with Crippen LogP contribution in [-0.4, -0.2) is 4.98 Å². The first kappa shape index (κ1) is 8.27. The van der Waals surface area contributed by atoms with Gasteiger partial charge in [0.15, 0.2) is 11.5 Å². The molecule has 64 valence electrons. The van der Waals surface area contributed by atoms with E-state index < -0.39 is 0 Å². The topological polar surface area (TPSA) is 49.8 Å². The Morgan fingerprint density at radius 3 is 3.00 bits per heavy atom. The van der Waals surface area contributed by atoms with Gasteiger partial charge in [0.25, 0.3) is 0 Å². The molecule has 1 aromatic heterocycles. The maximum Gasteiger partial charge on any atom is 0.192 e. The van der Waals surface area contributed by atoms with Crippen molar-refractivity contribution in [3.05, 3.63) is 28.1 Å². The molecule has 3 nitrogen and oxygen atoms in total. The minimum atomic E-state index is 0.529. The molecule has 2 rings (SSSR count). The van der Waals surface area contributed by atoms with Crippen molar-refractivity contribution in [2.24, 2.45) is 0 Å². The minimum absolute atomic E-state index is 0.529.